The van der Waals surface area contributed by atoms with E-state index < -0.39 is 0 Å². The lowest BCUT2D eigenvalue weighted by Gasteiger charge is -2.04. The number of halogens is 1. The van der Waals surface area contributed by atoms with Crippen molar-refractivity contribution in [2.45, 2.75) is 40.0 Å². The Balaban J connectivity index is 3.59. The summed E-state index contributed by atoms with van der Waals surface area (Å²) in [4.78, 5) is 0. The average Bonchev–Trinajstić information content (AvgIpc) is 2.04. The Kier molecular flexibility index (Phi) is 7.28. The van der Waals surface area contributed by atoms with Crippen LogP contribution in [0.2, 0.25) is 0 Å². The van der Waals surface area contributed by atoms with E-state index in [9.17, 15) is 0 Å². The fraction of sp³-hybridized carbons (Fsp3) is 0.636. The van der Waals surface area contributed by atoms with E-state index in [1.54, 1.807) is 5.54 Å². The smallest absolute Gasteiger partial charge is 0.00449 e. The standard InChI is InChI=1S/C11H19Cl/c1-4-10(2)6-5-7-11(3)8-9-12/h7-10H,4-6H2,1-3H3. The van der Waals surface area contributed by atoms with Crippen LogP contribution in [-0.4, -0.2) is 0 Å². The molecule has 0 aliphatic rings. The van der Waals surface area contributed by atoms with Gasteiger partial charge in [-0.2, -0.15) is 0 Å². The van der Waals surface area contributed by atoms with E-state index in [0.717, 1.165) is 5.92 Å². The van der Waals surface area contributed by atoms with Crippen LogP contribution in [0, 0.1) is 5.92 Å². The molecule has 0 bridgehead atoms. The van der Waals surface area contributed by atoms with Crippen LogP contribution in [0.4, 0.5) is 0 Å². The van der Waals surface area contributed by atoms with Gasteiger partial charge in [-0.3, -0.25) is 0 Å². The summed E-state index contributed by atoms with van der Waals surface area (Å²) < 4.78 is 0. The molecule has 0 spiro atoms. The summed E-state index contributed by atoms with van der Waals surface area (Å²) >= 11 is 5.44. The van der Waals surface area contributed by atoms with Crippen LogP contribution in [0.25, 0.3) is 0 Å². The second kappa shape index (κ2) is 7.42. The molecule has 0 saturated carbocycles. The van der Waals surface area contributed by atoms with Gasteiger partial charge in [-0.15, -0.1) is 0 Å². The Morgan fingerprint density at radius 2 is 2.17 bits per heavy atom. The molecule has 70 valence electrons. The molecular weight excluding hydrogens is 168 g/mol. The Hall–Kier alpha value is -0.230. The summed E-state index contributed by atoms with van der Waals surface area (Å²) in [5, 5.41) is 0. The first-order chi connectivity index (χ1) is 5.70. The van der Waals surface area contributed by atoms with Crippen molar-refractivity contribution in [2.75, 3.05) is 0 Å². The third kappa shape index (κ3) is 6.48. The van der Waals surface area contributed by atoms with E-state index in [1.807, 2.05) is 6.08 Å². The lowest BCUT2D eigenvalue weighted by molar-refractivity contribution is 0.521. The normalized spacial score (nSPS) is 15.5. The third-order valence-corrected chi connectivity index (χ3v) is 2.27. The first-order valence-electron chi connectivity index (χ1n) is 4.64. The lowest BCUT2D eigenvalue weighted by atomic mass is 10.0. The largest absolute Gasteiger partial charge is 0.0929 e. The maximum atomic E-state index is 5.44. The summed E-state index contributed by atoms with van der Waals surface area (Å²) in [5.41, 5.74) is 2.82. The molecule has 0 aliphatic carbocycles. The third-order valence-electron chi connectivity index (χ3n) is 2.15. The van der Waals surface area contributed by atoms with Crippen molar-refractivity contribution in [3.8, 4) is 0 Å². The zero-order valence-corrected chi connectivity index (χ0v) is 9.06. The molecule has 0 N–H and O–H groups in total. The number of hydrogen-bond donors (Lipinski definition) is 0. The van der Waals surface area contributed by atoms with Gasteiger partial charge >= 0.3 is 0 Å². The fourth-order valence-corrected chi connectivity index (χ4v) is 1.17. The molecule has 0 amide bonds. The van der Waals surface area contributed by atoms with Crippen molar-refractivity contribution in [1.82, 2.24) is 0 Å². The van der Waals surface area contributed by atoms with Gasteiger partial charge in [-0.25, -0.2) is 0 Å². The predicted molar refractivity (Wildman–Crippen MR) is 57.4 cm³/mol. The van der Waals surface area contributed by atoms with Gasteiger partial charge in [-0.05, 0) is 31.8 Å². The predicted octanol–water partition coefficient (Wildman–Crippen LogP) is 4.51. The monoisotopic (exact) mass is 186 g/mol. The van der Waals surface area contributed by atoms with Crippen LogP contribution in [0.15, 0.2) is 23.3 Å². The number of allylic oxidation sites excluding steroid dienone is 3. The van der Waals surface area contributed by atoms with Gasteiger partial charge in [0.05, 0.1) is 0 Å². The highest BCUT2D eigenvalue weighted by atomic mass is 35.5. The molecule has 0 saturated heterocycles. The molecule has 0 nitrogen and oxygen atoms in total. The summed E-state index contributed by atoms with van der Waals surface area (Å²) in [6.07, 6.45) is 7.90. The van der Waals surface area contributed by atoms with E-state index in [0.29, 0.717) is 0 Å². The molecule has 1 atom stereocenters. The van der Waals surface area contributed by atoms with E-state index >= 15 is 0 Å². The molecule has 0 fully saturated rings. The van der Waals surface area contributed by atoms with Gasteiger partial charge in [0.1, 0.15) is 0 Å². The Bertz CT molecular complexity index is 156. The molecule has 0 radical (unpaired) electrons. The molecule has 1 heteroatoms. The highest BCUT2D eigenvalue weighted by Crippen LogP contribution is 2.11. The van der Waals surface area contributed by atoms with Crippen molar-refractivity contribution in [3.05, 3.63) is 23.3 Å². The van der Waals surface area contributed by atoms with E-state index in [-0.39, 0.29) is 0 Å². The Labute approximate surface area is 81.3 Å². The molecule has 12 heavy (non-hydrogen) atoms. The first kappa shape index (κ1) is 11.8. The van der Waals surface area contributed by atoms with Gasteiger partial charge in [0, 0.05) is 5.54 Å². The number of hydrogen-bond acceptors (Lipinski definition) is 0. The summed E-state index contributed by atoms with van der Waals surface area (Å²) in [6.45, 7) is 6.61. The van der Waals surface area contributed by atoms with E-state index in [1.165, 1.54) is 24.8 Å². The topological polar surface area (TPSA) is 0 Å². The van der Waals surface area contributed by atoms with Crippen LogP contribution < -0.4 is 0 Å². The Morgan fingerprint density at radius 3 is 2.67 bits per heavy atom. The highest BCUT2D eigenvalue weighted by molar-refractivity contribution is 6.25. The van der Waals surface area contributed by atoms with Gasteiger partial charge in [0.15, 0.2) is 0 Å². The molecule has 0 aliphatic heterocycles. The van der Waals surface area contributed by atoms with Crippen LogP contribution in [0.3, 0.4) is 0 Å². The van der Waals surface area contributed by atoms with Crippen molar-refractivity contribution in [1.29, 1.82) is 0 Å². The minimum Gasteiger partial charge on any atom is -0.0929 e. The van der Waals surface area contributed by atoms with Crippen LogP contribution in [-0.2, 0) is 0 Å². The van der Waals surface area contributed by atoms with Crippen molar-refractivity contribution < 1.29 is 0 Å². The summed E-state index contributed by atoms with van der Waals surface area (Å²) in [6, 6.07) is 0. The zero-order valence-electron chi connectivity index (χ0n) is 8.31. The molecule has 1 unspecified atom stereocenters. The maximum Gasteiger partial charge on any atom is 0.00449 e. The molecule has 0 heterocycles. The minimum absolute atomic E-state index is 0.842. The van der Waals surface area contributed by atoms with Crippen LogP contribution >= 0.6 is 11.6 Å². The van der Waals surface area contributed by atoms with Crippen molar-refractivity contribution in [3.63, 3.8) is 0 Å². The van der Waals surface area contributed by atoms with Crippen LogP contribution in [0.1, 0.15) is 40.0 Å². The van der Waals surface area contributed by atoms with Gasteiger partial charge in [-0.1, -0.05) is 43.5 Å². The molecule has 0 aromatic carbocycles. The second-order valence-electron chi connectivity index (χ2n) is 3.33. The highest BCUT2D eigenvalue weighted by Gasteiger charge is 1.95. The number of rotatable bonds is 5. The average molecular weight is 187 g/mol. The van der Waals surface area contributed by atoms with Gasteiger partial charge in [0.2, 0.25) is 0 Å². The second-order valence-corrected chi connectivity index (χ2v) is 3.58. The van der Waals surface area contributed by atoms with E-state index in [4.69, 9.17) is 11.6 Å². The maximum absolute atomic E-state index is 5.44. The zero-order chi connectivity index (χ0) is 9.40. The SMILES string of the molecule is CCC(C)CCC=C(C)C=CCl. The van der Waals surface area contributed by atoms with E-state index in [2.05, 4.69) is 26.8 Å². The summed E-state index contributed by atoms with van der Waals surface area (Å²) in [5.74, 6) is 0.842. The summed E-state index contributed by atoms with van der Waals surface area (Å²) in [7, 11) is 0. The van der Waals surface area contributed by atoms with Crippen LogP contribution in [0.5, 0.6) is 0 Å². The first-order valence-corrected chi connectivity index (χ1v) is 5.07. The minimum atomic E-state index is 0.842. The lowest BCUT2D eigenvalue weighted by Crippen LogP contribution is -1.89. The molecule has 0 aromatic heterocycles. The van der Waals surface area contributed by atoms with Gasteiger partial charge in [0.25, 0.3) is 0 Å². The van der Waals surface area contributed by atoms with Crippen molar-refractivity contribution >= 4 is 11.6 Å². The van der Waals surface area contributed by atoms with Crippen molar-refractivity contribution in [2.24, 2.45) is 5.92 Å². The molecule has 0 rings (SSSR count). The molecule has 0 aromatic rings. The Morgan fingerprint density at radius 1 is 1.50 bits per heavy atom. The van der Waals surface area contributed by atoms with Gasteiger partial charge < -0.3 is 0 Å². The quantitative estimate of drug-likeness (QED) is 0.555. The fourth-order valence-electron chi connectivity index (χ4n) is 0.967. The molecular formula is C11H19Cl.